The Morgan fingerprint density at radius 1 is 1.35 bits per heavy atom. The van der Waals surface area contributed by atoms with Gasteiger partial charge in [0.25, 0.3) is 0 Å². The Labute approximate surface area is 103 Å². The van der Waals surface area contributed by atoms with Crippen LogP contribution in [0.2, 0.25) is 0 Å². The Morgan fingerprint density at radius 2 is 2.18 bits per heavy atom. The lowest BCUT2D eigenvalue weighted by molar-refractivity contribution is 0.174. The summed E-state index contributed by atoms with van der Waals surface area (Å²) in [5.41, 5.74) is 2.39. The van der Waals surface area contributed by atoms with Crippen LogP contribution in [0.25, 0.3) is 0 Å². The van der Waals surface area contributed by atoms with Crippen molar-refractivity contribution in [1.29, 1.82) is 0 Å². The summed E-state index contributed by atoms with van der Waals surface area (Å²) >= 11 is 0. The fraction of sp³-hybridized carbons (Fsp3) is 0.600. The molecule has 1 heterocycles. The number of fused-ring (bicyclic) bond motifs is 2. The fourth-order valence-electron chi connectivity index (χ4n) is 3.47. The zero-order valence-electron chi connectivity index (χ0n) is 10.5. The van der Waals surface area contributed by atoms with E-state index in [0.29, 0.717) is 0 Å². The SMILES string of the molecule is CC[C@H](O)c1ccccc1N1CC2CCC1C2. The molecule has 2 heteroatoms. The zero-order valence-corrected chi connectivity index (χ0v) is 10.5. The molecule has 0 spiro atoms. The van der Waals surface area contributed by atoms with Gasteiger partial charge in [-0.05, 0) is 37.7 Å². The number of hydrogen-bond acceptors (Lipinski definition) is 2. The summed E-state index contributed by atoms with van der Waals surface area (Å²) in [4.78, 5) is 2.53. The summed E-state index contributed by atoms with van der Waals surface area (Å²) in [6.07, 6.45) is 4.57. The van der Waals surface area contributed by atoms with Crippen molar-refractivity contribution in [3.8, 4) is 0 Å². The molecule has 1 saturated carbocycles. The molecule has 3 rings (SSSR count). The van der Waals surface area contributed by atoms with Crippen LogP contribution in [0.15, 0.2) is 24.3 Å². The molecule has 17 heavy (non-hydrogen) atoms. The van der Waals surface area contributed by atoms with E-state index in [0.717, 1.165) is 23.9 Å². The van der Waals surface area contributed by atoms with Gasteiger partial charge in [0.05, 0.1) is 6.10 Å². The van der Waals surface area contributed by atoms with Crippen molar-refractivity contribution in [2.45, 2.75) is 44.8 Å². The van der Waals surface area contributed by atoms with Crippen molar-refractivity contribution in [2.75, 3.05) is 11.4 Å². The van der Waals surface area contributed by atoms with Crippen molar-refractivity contribution in [3.63, 3.8) is 0 Å². The van der Waals surface area contributed by atoms with Crippen LogP contribution < -0.4 is 4.90 Å². The monoisotopic (exact) mass is 231 g/mol. The molecule has 1 aliphatic heterocycles. The van der Waals surface area contributed by atoms with Gasteiger partial charge in [-0.1, -0.05) is 25.1 Å². The first-order valence-corrected chi connectivity index (χ1v) is 6.83. The minimum Gasteiger partial charge on any atom is -0.388 e. The summed E-state index contributed by atoms with van der Waals surface area (Å²) in [6.45, 7) is 3.23. The second-order valence-corrected chi connectivity index (χ2v) is 5.47. The largest absolute Gasteiger partial charge is 0.388 e. The van der Waals surface area contributed by atoms with E-state index in [1.54, 1.807) is 0 Å². The average molecular weight is 231 g/mol. The number of nitrogens with zero attached hydrogens (tertiary/aromatic N) is 1. The maximum atomic E-state index is 10.1. The van der Waals surface area contributed by atoms with Gasteiger partial charge in [0.2, 0.25) is 0 Å². The molecule has 3 atom stereocenters. The van der Waals surface area contributed by atoms with E-state index in [2.05, 4.69) is 23.1 Å². The Morgan fingerprint density at radius 3 is 2.82 bits per heavy atom. The standard InChI is InChI=1S/C15H21NO/c1-2-15(17)13-5-3-4-6-14(13)16-10-11-7-8-12(16)9-11/h3-6,11-12,15,17H,2,7-10H2,1H3/t11?,12?,15-/m0/s1. The number of piperidine rings is 1. The quantitative estimate of drug-likeness (QED) is 0.864. The maximum Gasteiger partial charge on any atom is 0.0807 e. The molecule has 1 aliphatic carbocycles. The van der Waals surface area contributed by atoms with Gasteiger partial charge in [0.15, 0.2) is 0 Å². The van der Waals surface area contributed by atoms with Crippen LogP contribution in [0.4, 0.5) is 5.69 Å². The highest BCUT2D eigenvalue weighted by molar-refractivity contribution is 5.56. The van der Waals surface area contributed by atoms with Crippen molar-refractivity contribution >= 4 is 5.69 Å². The van der Waals surface area contributed by atoms with Crippen LogP contribution in [0, 0.1) is 5.92 Å². The predicted molar refractivity (Wildman–Crippen MR) is 70.2 cm³/mol. The topological polar surface area (TPSA) is 23.5 Å². The summed E-state index contributed by atoms with van der Waals surface area (Å²) in [7, 11) is 0. The van der Waals surface area contributed by atoms with Gasteiger partial charge in [-0.25, -0.2) is 0 Å². The van der Waals surface area contributed by atoms with Gasteiger partial charge in [0.1, 0.15) is 0 Å². The van der Waals surface area contributed by atoms with Crippen LogP contribution in [-0.2, 0) is 0 Å². The minimum absolute atomic E-state index is 0.315. The van der Waals surface area contributed by atoms with E-state index in [4.69, 9.17) is 0 Å². The summed E-state index contributed by atoms with van der Waals surface area (Å²) in [6, 6.07) is 9.11. The lowest BCUT2D eigenvalue weighted by atomic mass is 10.0. The second kappa shape index (κ2) is 4.34. The summed E-state index contributed by atoms with van der Waals surface area (Å²) in [5.74, 6) is 0.895. The number of hydrogen-bond donors (Lipinski definition) is 1. The molecular weight excluding hydrogens is 210 g/mol. The lowest BCUT2D eigenvalue weighted by Crippen LogP contribution is -2.32. The highest BCUT2D eigenvalue weighted by Crippen LogP contribution is 2.42. The zero-order chi connectivity index (χ0) is 11.8. The number of aliphatic hydroxyl groups is 1. The van der Waals surface area contributed by atoms with Gasteiger partial charge >= 0.3 is 0 Å². The van der Waals surface area contributed by atoms with Gasteiger partial charge in [-0.3, -0.25) is 0 Å². The highest BCUT2D eigenvalue weighted by atomic mass is 16.3. The van der Waals surface area contributed by atoms with Crippen LogP contribution in [0.1, 0.15) is 44.3 Å². The number of para-hydroxylation sites is 1. The highest BCUT2D eigenvalue weighted by Gasteiger charge is 2.38. The summed E-state index contributed by atoms with van der Waals surface area (Å²) < 4.78 is 0. The second-order valence-electron chi connectivity index (χ2n) is 5.47. The molecule has 2 fully saturated rings. The number of aliphatic hydroxyl groups excluding tert-OH is 1. The van der Waals surface area contributed by atoms with E-state index in [1.807, 2.05) is 13.0 Å². The molecule has 0 amide bonds. The smallest absolute Gasteiger partial charge is 0.0807 e. The van der Waals surface area contributed by atoms with Crippen LogP contribution >= 0.6 is 0 Å². The minimum atomic E-state index is -0.315. The normalized spacial score (nSPS) is 28.7. The molecular formula is C15H21NO. The third-order valence-electron chi connectivity index (χ3n) is 4.40. The fourth-order valence-corrected chi connectivity index (χ4v) is 3.47. The molecule has 2 nitrogen and oxygen atoms in total. The first-order chi connectivity index (χ1) is 8.29. The number of anilines is 1. The van der Waals surface area contributed by atoms with Crippen molar-refractivity contribution < 1.29 is 5.11 Å². The van der Waals surface area contributed by atoms with E-state index >= 15 is 0 Å². The molecule has 2 aliphatic rings. The molecule has 1 saturated heterocycles. The first-order valence-electron chi connectivity index (χ1n) is 6.83. The molecule has 1 aromatic carbocycles. The molecule has 1 aromatic rings. The van der Waals surface area contributed by atoms with E-state index in [-0.39, 0.29) is 6.10 Å². The molecule has 2 unspecified atom stereocenters. The van der Waals surface area contributed by atoms with Crippen LogP contribution in [-0.4, -0.2) is 17.7 Å². The van der Waals surface area contributed by atoms with Crippen molar-refractivity contribution in [2.24, 2.45) is 5.92 Å². The Kier molecular flexibility index (Phi) is 2.83. The van der Waals surface area contributed by atoms with Crippen molar-refractivity contribution in [1.82, 2.24) is 0 Å². The first kappa shape index (κ1) is 11.1. The molecule has 92 valence electrons. The predicted octanol–water partition coefficient (Wildman–Crippen LogP) is 3.12. The molecule has 0 radical (unpaired) electrons. The Bertz CT molecular complexity index is 404. The number of rotatable bonds is 3. The third kappa shape index (κ3) is 1.85. The van der Waals surface area contributed by atoms with Crippen LogP contribution in [0.3, 0.4) is 0 Å². The Hall–Kier alpha value is -1.02. The lowest BCUT2D eigenvalue weighted by Gasteiger charge is -2.32. The third-order valence-corrected chi connectivity index (χ3v) is 4.40. The number of benzene rings is 1. The molecule has 0 aromatic heterocycles. The van der Waals surface area contributed by atoms with Gasteiger partial charge < -0.3 is 10.0 Å². The average Bonchev–Trinajstić information content (AvgIpc) is 3.00. The van der Waals surface area contributed by atoms with Gasteiger partial charge in [0, 0.05) is 23.8 Å². The van der Waals surface area contributed by atoms with Gasteiger partial charge in [-0.15, -0.1) is 0 Å². The Balaban J connectivity index is 1.92. The summed E-state index contributed by atoms with van der Waals surface area (Å²) in [5, 5.41) is 10.1. The van der Waals surface area contributed by atoms with E-state index in [1.165, 1.54) is 31.5 Å². The van der Waals surface area contributed by atoms with Gasteiger partial charge in [-0.2, -0.15) is 0 Å². The van der Waals surface area contributed by atoms with E-state index < -0.39 is 0 Å². The molecule has 2 bridgehead atoms. The maximum absolute atomic E-state index is 10.1. The molecule has 1 N–H and O–H groups in total. The van der Waals surface area contributed by atoms with E-state index in [9.17, 15) is 5.11 Å². The van der Waals surface area contributed by atoms with Crippen molar-refractivity contribution in [3.05, 3.63) is 29.8 Å². The van der Waals surface area contributed by atoms with Crippen LogP contribution in [0.5, 0.6) is 0 Å².